The number of halogens is 1. The molecule has 1 aromatic carbocycles. The monoisotopic (exact) mass is 442 g/mol. The molecule has 0 radical (unpaired) electrons. The van der Waals surface area contributed by atoms with Gasteiger partial charge in [-0.3, -0.25) is 9.59 Å². The van der Waals surface area contributed by atoms with Crippen molar-refractivity contribution in [2.75, 3.05) is 18.4 Å². The Balaban J connectivity index is 1.40. The van der Waals surface area contributed by atoms with Gasteiger partial charge in [0.25, 0.3) is 11.8 Å². The van der Waals surface area contributed by atoms with Crippen LogP contribution in [0.3, 0.4) is 0 Å². The van der Waals surface area contributed by atoms with Crippen LogP contribution in [-0.4, -0.2) is 39.4 Å². The Bertz CT molecular complexity index is 975. The second kappa shape index (κ2) is 8.02. The first-order chi connectivity index (χ1) is 13.6. The number of amides is 2. The number of nitrogens with one attached hydrogen (secondary N) is 1. The van der Waals surface area contributed by atoms with E-state index in [0.29, 0.717) is 35.1 Å². The standard InChI is InChI=1S/C20H19BrN4O3/c21-18-5-4-17(28-18)19(26)23-15-3-1-2-14(12-15)20(27)24-9-6-16(7-10-24)25-11-8-22-13-25/h1-5,8,11-13,16H,6-7,9-10H2,(H,23,26). The molecule has 1 aliphatic rings. The van der Waals surface area contributed by atoms with Gasteiger partial charge in [0, 0.05) is 42.8 Å². The quantitative estimate of drug-likeness (QED) is 0.662. The lowest BCUT2D eigenvalue weighted by atomic mass is 10.0. The molecule has 0 aliphatic carbocycles. The molecule has 1 saturated heterocycles. The largest absolute Gasteiger partial charge is 0.444 e. The number of piperidine rings is 1. The highest BCUT2D eigenvalue weighted by molar-refractivity contribution is 9.10. The molecule has 0 saturated carbocycles. The lowest BCUT2D eigenvalue weighted by Gasteiger charge is -2.32. The van der Waals surface area contributed by atoms with Crippen molar-refractivity contribution in [3.05, 3.63) is 71.1 Å². The van der Waals surface area contributed by atoms with Gasteiger partial charge >= 0.3 is 0 Å². The summed E-state index contributed by atoms with van der Waals surface area (Å²) in [5, 5.41) is 2.76. The number of imidazole rings is 1. The summed E-state index contributed by atoms with van der Waals surface area (Å²) in [5.74, 6) is -0.192. The van der Waals surface area contributed by atoms with Gasteiger partial charge in [0.2, 0.25) is 0 Å². The maximum atomic E-state index is 12.9. The van der Waals surface area contributed by atoms with Crippen molar-refractivity contribution in [1.29, 1.82) is 0 Å². The summed E-state index contributed by atoms with van der Waals surface area (Å²) in [5.41, 5.74) is 1.11. The van der Waals surface area contributed by atoms with Crippen molar-refractivity contribution >= 4 is 33.4 Å². The average Bonchev–Trinajstić information content (AvgIpc) is 3.40. The number of likely N-dealkylation sites (tertiary alicyclic amines) is 1. The summed E-state index contributed by atoms with van der Waals surface area (Å²) in [6.45, 7) is 1.39. The minimum atomic E-state index is -0.364. The van der Waals surface area contributed by atoms with E-state index in [-0.39, 0.29) is 17.6 Å². The van der Waals surface area contributed by atoms with Crippen LogP contribution in [0.5, 0.6) is 0 Å². The Morgan fingerprint density at radius 2 is 2.00 bits per heavy atom. The fraction of sp³-hybridized carbons (Fsp3) is 0.250. The first-order valence-corrected chi connectivity index (χ1v) is 9.83. The Morgan fingerprint density at radius 3 is 2.68 bits per heavy atom. The first kappa shape index (κ1) is 18.5. The van der Waals surface area contributed by atoms with Crippen LogP contribution in [0.15, 0.2) is 64.2 Å². The molecule has 2 aromatic heterocycles. The summed E-state index contributed by atoms with van der Waals surface area (Å²) in [4.78, 5) is 31.1. The Hall–Kier alpha value is -2.87. The zero-order valence-electron chi connectivity index (χ0n) is 15.0. The second-order valence-corrected chi connectivity index (χ2v) is 7.45. The highest BCUT2D eigenvalue weighted by Gasteiger charge is 2.24. The fourth-order valence-corrected chi connectivity index (χ4v) is 3.70. The predicted molar refractivity (Wildman–Crippen MR) is 107 cm³/mol. The minimum Gasteiger partial charge on any atom is -0.444 e. The molecule has 28 heavy (non-hydrogen) atoms. The van der Waals surface area contributed by atoms with Crippen LogP contribution in [0, 0.1) is 0 Å². The molecule has 2 amide bonds. The summed E-state index contributed by atoms with van der Waals surface area (Å²) >= 11 is 3.18. The third kappa shape index (κ3) is 4.01. The zero-order chi connectivity index (χ0) is 19.5. The fourth-order valence-electron chi connectivity index (χ4n) is 3.39. The number of rotatable bonds is 4. The molecule has 7 nitrogen and oxygen atoms in total. The molecule has 0 atom stereocenters. The zero-order valence-corrected chi connectivity index (χ0v) is 16.6. The van der Waals surface area contributed by atoms with Gasteiger partial charge < -0.3 is 19.2 Å². The van der Waals surface area contributed by atoms with E-state index in [0.717, 1.165) is 12.8 Å². The number of benzene rings is 1. The summed E-state index contributed by atoms with van der Waals surface area (Å²) in [7, 11) is 0. The van der Waals surface area contributed by atoms with Crippen LogP contribution >= 0.6 is 15.9 Å². The first-order valence-electron chi connectivity index (χ1n) is 9.03. The van der Waals surface area contributed by atoms with Crippen molar-refractivity contribution in [3.8, 4) is 0 Å². The highest BCUT2D eigenvalue weighted by Crippen LogP contribution is 2.24. The lowest BCUT2D eigenvalue weighted by Crippen LogP contribution is -2.38. The van der Waals surface area contributed by atoms with Crippen molar-refractivity contribution in [2.24, 2.45) is 0 Å². The maximum absolute atomic E-state index is 12.9. The Labute approximate surface area is 170 Å². The Kier molecular flexibility index (Phi) is 5.29. The molecule has 4 rings (SSSR count). The van der Waals surface area contributed by atoms with Gasteiger partial charge in [0.1, 0.15) is 0 Å². The van der Waals surface area contributed by atoms with E-state index in [1.807, 2.05) is 17.4 Å². The third-order valence-electron chi connectivity index (χ3n) is 4.86. The van der Waals surface area contributed by atoms with Gasteiger partial charge in [-0.15, -0.1) is 0 Å². The number of carbonyl (C=O) groups is 2. The molecule has 144 valence electrons. The molecule has 0 spiro atoms. The third-order valence-corrected chi connectivity index (χ3v) is 5.29. The van der Waals surface area contributed by atoms with Crippen LogP contribution in [0.4, 0.5) is 5.69 Å². The van der Waals surface area contributed by atoms with Crippen molar-refractivity contribution in [3.63, 3.8) is 0 Å². The van der Waals surface area contributed by atoms with Crippen LogP contribution in [-0.2, 0) is 0 Å². The predicted octanol–water partition coefficient (Wildman–Crippen LogP) is 3.97. The molecular formula is C20H19BrN4O3. The van der Waals surface area contributed by atoms with Crippen LogP contribution in [0.25, 0.3) is 0 Å². The molecular weight excluding hydrogens is 424 g/mol. The van der Waals surface area contributed by atoms with Crippen molar-refractivity contribution in [2.45, 2.75) is 18.9 Å². The Morgan fingerprint density at radius 1 is 1.18 bits per heavy atom. The average molecular weight is 443 g/mol. The van der Waals surface area contributed by atoms with Gasteiger partial charge in [-0.05, 0) is 59.1 Å². The van der Waals surface area contributed by atoms with E-state index in [2.05, 4.69) is 30.8 Å². The van der Waals surface area contributed by atoms with Crippen molar-refractivity contribution in [1.82, 2.24) is 14.5 Å². The van der Waals surface area contributed by atoms with Crippen LogP contribution in [0.1, 0.15) is 39.8 Å². The van der Waals surface area contributed by atoms with Crippen LogP contribution < -0.4 is 5.32 Å². The normalized spacial score (nSPS) is 14.8. The SMILES string of the molecule is O=C(Nc1cccc(C(=O)N2CCC(n3ccnc3)CC2)c1)c1ccc(Br)o1. The number of nitrogens with zero attached hydrogens (tertiary/aromatic N) is 3. The molecule has 3 heterocycles. The molecule has 8 heteroatoms. The number of aromatic nitrogens is 2. The van der Waals surface area contributed by atoms with E-state index < -0.39 is 0 Å². The number of hydrogen-bond acceptors (Lipinski definition) is 4. The molecule has 1 fully saturated rings. The number of anilines is 1. The van der Waals surface area contributed by atoms with E-state index in [1.54, 1.807) is 42.6 Å². The van der Waals surface area contributed by atoms with Gasteiger partial charge in [-0.25, -0.2) is 4.98 Å². The van der Waals surface area contributed by atoms with Gasteiger partial charge in [-0.1, -0.05) is 6.07 Å². The molecule has 3 aromatic rings. The van der Waals surface area contributed by atoms with E-state index in [4.69, 9.17) is 4.42 Å². The topological polar surface area (TPSA) is 80.4 Å². The van der Waals surface area contributed by atoms with E-state index >= 15 is 0 Å². The minimum absolute atomic E-state index is 0.0269. The van der Waals surface area contributed by atoms with Gasteiger partial charge in [0.05, 0.1) is 6.33 Å². The van der Waals surface area contributed by atoms with Gasteiger partial charge in [0.15, 0.2) is 10.4 Å². The van der Waals surface area contributed by atoms with Crippen molar-refractivity contribution < 1.29 is 14.0 Å². The second-order valence-electron chi connectivity index (χ2n) is 6.67. The molecule has 0 unspecified atom stereocenters. The smallest absolute Gasteiger partial charge is 0.291 e. The van der Waals surface area contributed by atoms with E-state index in [9.17, 15) is 9.59 Å². The van der Waals surface area contributed by atoms with Crippen LogP contribution in [0.2, 0.25) is 0 Å². The van der Waals surface area contributed by atoms with Gasteiger partial charge in [-0.2, -0.15) is 0 Å². The number of hydrogen-bond donors (Lipinski definition) is 1. The summed E-state index contributed by atoms with van der Waals surface area (Å²) < 4.78 is 7.84. The molecule has 0 bridgehead atoms. The number of carbonyl (C=O) groups excluding carboxylic acids is 2. The maximum Gasteiger partial charge on any atom is 0.291 e. The molecule has 1 aliphatic heterocycles. The summed E-state index contributed by atoms with van der Waals surface area (Å²) in [6, 6.07) is 10.6. The van der Waals surface area contributed by atoms with E-state index in [1.165, 1.54) is 0 Å². The summed E-state index contributed by atoms with van der Waals surface area (Å²) in [6.07, 6.45) is 7.36. The molecule has 1 N–H and O–H groups in total. The highest BCUT2D eigenvalue weighted by atomic mass is 79.9. The lowest BCUT2D eigenvalue weighted by molar-refractivity contribution is 0.0694. The number of furan rings is 1.